The maximum atomic E-state index is 12.2. The number of hydrogen-bond acceptors (Lipinski definition) is 6. The molecule has 0 fully saturated rings. The molecule has 0 aliphatic carbocycles. The van der Waals surface area contributed by atoms with Crippen molar-refractivity contribution < 1.29 is 9.72 Å². The van der Waals surface area contributed by atoms with Gasteiger partial charge in [0.15, 0.2) is 5.11 Å². The number of carbonyl (C=O) groups excluding carboxylic acids is 1. The van der Waals surface area contributed by atoms with Crippen molar-refractivity contribution in [3.05, 3.63) is 94.5 Å². The number of nitro benzene ring substituents is 1. The molecular weight excluding hydrogens is 390 g/mol. The van der Waals surface area contributed by atoms with Crippen LogP contribution in [0.25, 0.3) is 0 Å². The smallest absolute Gasteiger partial charge is 0.269 e. The SMILES string of the molecule is O=C(NC(=S)Nc1ccc(N=Nc2ccccc2)cc1)c1ccc([N+](=O)[O-])cc1. The van der Waals surface area contributed by atoms with Crippen molar-refractivity contribution in [1.29, 1.82) is 0 Å². The van der Waals surface area contributed by atoms with Gasteiger partial charge in [-0.25, -0.2) is 0 Å². The predicted octanol–water partition coefficient (Wildman–Crippen LogP) is 5.14. The number of carbonyl (C=O) groups is 1. The normalized spacial score (nSPS) is 10.5. The van der Waals surface area contributed by atoms with E-state index in [1.807, 2.05) is 30.3 Å². The van der Waals surface area contributed by atoms with Crippen molar-refractivity contribution in [3.8, 4) is 0 Å². The Morgan fingerprint density at radius 1 is 0.862 bits per heavy atom. The molecule has 0 unspecified atom stereocenters. The average Bonchev–Trinajstić information content (AvgIpc) is 2.74. The highest BCUT2D eigenvalue weighted by Crippen LogP contribution is 2.20. The number of nitrogens with zero attached hydrogens (tertiary/aromatic N) is 3. The van der Waals surface area contributed by atoms with Crippen LogP contribution in [0.3, 0.4) is 0 Å². The molecule has 0 heterocycles. The van der Waals surface area contributed by atoms with Gasteiger partial charge >= 0.3 is 0 Å². The zero-order valence-corrected chi connectivity index (χ0v) is 15.8. The molecule has 9 heteroatoms. The van der Waals surface area contributed by atoms with Crippen molar-refractivity contribution in [1.82, 2.24) is 5.32 Å². The molecule has 3 rings (SSSR count). The lowest BCUT2D eigenvalue weighted by Crippen LogP contribution is -2.34. The summed E-state index contributed by atoms with van der Waals surface area (Å²) in [5, 5.41) is 24.5. The molecule has 29 heavy (non-hydrogen) atoms. The molecule has 0 saturated carbocycles. The molecule has 0 atom stereocenters. The van der Waals surface area contributed by atoms with Crippen molar-refractivity contribution >= 4 is 46.0 Å². The summed E-state index contributed by atoms with van der Waals surface area (Å²) in [6, 6.07) is 21.6. The molecule has 3 aromatic rings. The zero-order valence-electron chi connectivity index (χ0n) is 15.0. The van der Waals surface area contributed by atoms with Crippen LogP contribution >= 0.6 is 12.2 Å². The molecule has 0 aliphatic heterocycles. The zero-order chi connectivity index (χ0) is 20.6. The predicted molar refractivity (Wildman–Crippen MR) is 114 cm³/mol. The molecule has 0 saturated heterocycles. The van der Waals surface area contributed by atoms with E-state index in [0.717, 1.165) is 5.69 Å². The van der Waals surface area contributed by atoms with Crippen molar-refractivity contribution in [2.45, 2.75) is 0 Å². The van der Waals surface area contributed by atoms with E-state index in [1.165, 1.54) is 24.3 Å². The number of thiocarbonyl (C=S) groups is 1. The van der Waals surface area contributed by atoms with Crippen LogP contribution in [0, 0.1) is 10.1 Å². The molecular formula is C20H15N5O3S. The molecule has 0 bridgehead atoms. The fourth-order valence-corrected chi connectivity index (χ4v) is 2.50. The van der Waals surface area contributed by atoms with Crippen molar-refractivity contribution in [2.24, 2.45) is 10.2 Å². The first kappa shape index (κ1) is 19.8. The summed E-state index contributed by atoms with van der Waals surface area (Å²) in [5.41, 5.74) is 2.26. The largest absolute Gasteiger partial charge is 0.332 e. The number of benzene rings is 3. The fraction of sp³-hybridized carbons (Fsp3) is 0. The Hall–Kier alpha value is -3.98. The van der Waals surface area contributed by atoms with Gasteiger partial charge in [0.25, 0.3) is 11.6 Å². The monoisotopic (exact) mass is 405 g/mol. The van der Waals surface area contributed by atoms with Crippen LogP contribution < -0.4 is 10.6 Å². The van der Waals surface area contributed by atoms with Crippen LogP contribution in [0.5, 0.6) is 0 Å². The summed E-state index contributed by atoms with van der Waals surface area (Å²) in [7, 11) is 0. The van der Waals surface area contributed by atoms with Gasteiger partial charge in [0.05, 0.1) is 16.3 Å². The highest BCUT2D eigenvalue weighted by Gasteiger charge is 2.11. The molecule has 1 amide bonds. The Labute approximate surface area is 171 Å². The van der Waals surface area contributed by atoms with Crippen LogP contribution in [0.1, 0.15) is 10.4 Å². The molecule has 0 aliphatic rings. The fourth-order valence-electron chi connectivity index (χ4n) is 2.29. The number of amides is 1. The summed E-state index contributed by atoms with van der Waals surface area (Å²) >= 11 is 5.13. The summed E-state index contributed by atoms with van der Waals surface area (Å²) in [6.45, 7) is 0. The van der Waals surface area contributed by atoms with Gasteiger partial charge in [0.2, 0.25) is 0 Å². The number of non-ortho nitro benzene ring substituents is 1. The van der Waals surface area contributed by atoms with Gasteiger partial charge in [-0.1, -0.05) is 18.2 Å². The minimum atomic E-state index is -0.531. The number of hydrogen-bond donors (Lipinski definition) is 2. The lowest BCUT2D eigenvalue weighted by atomic mass is 10.2. The number of azo groups is 1. The first-order valence-electron chi connectivity index (χ1n) is 8.45. The molecule has 0 aromatic heterocycles. The Kier molecular flexibility index (Phi) is 6.33. The summed E-state index contributed by atoms with van der Waals surface area (Å²) in [5.74, 6) is -0.467. The molecule has 8 nitrogen and oxygen atoms in total. The van der Waals surface area contributed by atoms with Gasteiger partial charge in [-0.05, 0) is 60.7 Å². The van der Waals surface area contributed by atoms with E-state index in [-0.39, 0.29) is 16.4 Å². The average molecular weight is 405 g/mol. The van der Waals surface area contributed by atoms with Crippen LogP contribution in [-0.4, -0.2) is 15.9 Å². The van der Waals surface area contributed by atoms with Gasteiger partial charge in [-0.15, -0.1) is 0 Å². The molecule has 0 spiro atoms. The summed E-state index contributed by atoms with van der Waals surface area (Å²) < 4.78 is 0. The maximum absolute atomic E-state index is 12.2. The first-order chi connectivity index (χ1) is 14.0. The Morgan fingerprint density at radius 2 is 1.45 bits per heavy atom. The minimum absolute atomic E-state index is 0.0910. The van der Waals surface area contributed by atoms with E-state index in [1.54, 1.807) is 24.3 Å². The third-order valence-corrected chi connectivity index (χ3v) is 3.93. The Bertz CT molecular complexity index is 1050. The van der Waals surface area contributed by atoms with E-state index in [4.69, 9.17) is 12.2 Å². The van der Waals surface area contributed by atoms with Gasteiger partial charge in [-0.2, -0.15) is 10.2 Å². The standard InChI is InChI=1S/C20H15N5O3S/c26-19(14-6-12-18(13-7-14)25(27)28)22-20(29)21-15-8-10-17(11-9-15)24-23-16-4-2-1-3-5-16/h1-13H,(H2,21,22,26,29). The summed E-state index contributed by atoms with van der Waals surface area (Å²) in [6.07, 6.45) is 0. The number of nitrogens with one attached hydrogen (secondary N) is 2. The van der Waals surface area contributed by atoms with Gasteiger partial charge in [-0.3, -0.25) is 20.2 Å². The highest BCUT2D eigenvalue weighted by molar-refractivity contribution is 7.80. The second-order valence-electron chi connectivity index (χ2n) is 5.79. The minimum Gasteiger partial charge on any atom is -0.332 e. The quantitative estimate of drug-likeness (QED) is 0.264. The van der Waals surface area contributed by atoms with Crippen molar-refractivity contribution in [3.63, 3.8) is 0 Å². The van der Waals surface area contributed by atoms with Crippen LogP contribution in [0.2, 0.25) is 0 Å². The third kappa shape index (κ3) is 5.75. The van der Waals surface area contributed by atoms with E-state index in [9.17, 15) is 14.9 Å². The van der Waals surface area contributed by atoms with E-state index >= 15 is 0 Å². The topological polar surface area (TPSA) is 109 Å². The van der Waals surface area contributed by atoms with E-state index < -0.39 is 10.8 Å². The van der Waals surface area contributed by atoms with Gasteiger partial charge < -0.3 is 5.32 Å². The lowest BCUT2D eigenvalue weighted by Gasteiger charge is -2.09. The van der Waals surface area contributed by atoms with E-state index in [0.29, 0.717) is 11.4 Å². The molecule has 2 N–H and O–H groups in total. The van der Waals surface area contributed by atoms with Crippen LogP contribution in [0.4, 0.5) is 22.7 Å². The second-order valence-corrected chi connectivity index (χ2v) is 6.20. The van der Waals surface area contributed by atoms with E-state index in [2.05, 4.69) is 20.9 Å². The Balaban J connectivity index is 1.55. The first-order valence-corrected chi connectivity index (χ1v) is 8.86. The van der Waals surface area contributed by atoms with Crippen molar-refractivity contribution in [2.75, 3.05) is 5.32 Å². The van der Waals surface area contributed by atoms with Crippen LogP contribution in [0.15, 0.2) is 89.1 Å². The van der Waals surface area contributed by atoms with Gasteiger partial charge in [0, 0.05) is 23.4 Å². The summed E-state index contributed by atoms with van der Waals surface area (Å²) in [4.78, 5) is 22.3. The number of anilines is 1. The second kappa shape index (κ2) is 9.29. The van der Waals surface area contributed by atoms with Crippen LogP contribution in [-0.2, 0) is 0 Å². The molecule has 0 radical (unpaired) electrons. The van der Waals surface area contributed by atoms with Gasteiger partial charge in [0.1, 0.15) is 0 Å². The lowest BCUT2D eigenvalue weighted by molar-refractivity contribution is -0.384. The number of rotatable bonds is 5. The number of nitro groups is 1. The molecule has 3 aromatic carbocycles. The highest BCUT2D eigenvalue weighted by atomic mass is 32.1. The third-order valence-electron chi connectivity index (χ3n) is 3.73. The maximum Gasteiger partial charge on any atom is 0.269 e. The Morgan fingerprint density at radius 3 is 2.03 bits per heavy atom. The molecule has 144 valence electrons.